The Morgan fingerprint density at radius 1 is 1.50 bits per heavy atom. The Morgan fingerprint density at radius 3 is 2.78 bits per heavy atom. The van der Waals surface area contributed by atoms with Crippen molar-refractivity contribution in [1.29, 1.82) is 0 Å². The predicted molar refractivity (Wildman–Crippen MR) is 69.5 cm³/mol. The van der Waals surface area contributed by atoms with Crippen LogP contribution in [-0.2, 0) is 4.74 Å². The summed E-state index contributed by atoms with van der Waals surface area (Å²) in [5, 5.41) is 0. The lowest BCUT2D eigenvalue weighted by molar-refractivity contribution is -0.0807. The summed E-state index contributed by atoms with van der Waals surface area (Å²) in [6, 6.07) is -0.0635. The van der Waals surface area contributed by atoms with Gasteiger partial charge in [0.15, 0.2) is 0 Å². The van der Waals surface area contributed by atoms with E-state index in [4.69, 9.17) is 10.6 Å². The number of methoxy groups -OCH3 is 1. The van der Waals surface area contributed by atoms with Crippen molar-refractivity contribution in [2.75, 3.05) is 7.11 Å². The molecule has 0 spiro atoms. The van der Waals surface area contributed by atoms with Gasteiger partial charge in [0, 0.05) is 25.1 Å². The van der Waals surface area contributed by atoms with Crippen molar-refractivity contribution in [3.8, 4) is 0 Å². The zero-order valence-electron chi connectivity index (χ0n) is 11.1. The zero-order chi connectivity index (χ0) is 13.0. The molecule has 0 aliphatic heterocycles. The summed E-state index contributed by atoms with van der Waals surface area (Å²) in [7, 11) is 1.77. The van der Waals surface area contributed by atoms with Crippen LogP contribution in [0.2, 0.25) is 0 Å². The number of nitrogens with zero attached hydrogens (tertiary/aromatic N) is 2. The summed E-state index contributed by atoms with van der Waals surface area (Å²) in [5.74, 6) is 6.41. The highest BCUT2D eigenvalue weighted by atomic mass is 16.5. The minimum Gasteiger partial charge on any atom is -0.376 e. The van der Waals surface area contributed by atoms with E-state index >= 15 is 0 Å². The molecule has 1 aliphatic carbocycles. The van der Waals surface area contributed by atoms with E-state index in [9.17, 15) is 0 Å². The highest BCUT2D eigenvalue weighted by Crippen LogP contribution is 2.42. The van der Waals surface area contributed by atoms with Gasteiger partial charge in [0.05, 0.1) is 11.6 Å². The molecule has 2 rings (SSSR count). The van der Waals surface area contributed by atoms with Crippen molar-refractivity contribution in [2.45, 2.75) is 44.2 Å². The standard InChI is InChI=1S/C13H22N4O/c1-10-4-3-5-13(6-10,18-2)12(17-14)11-7-15-9-16-8-11/h7-10,12,17H,3-6,14H2,1-2H3. The van der Waals surface area contributed by atoms with Crippen molar-refractivity contribution < 1.29 is 4.74 Å². The number of nitrogens with one attached hydrogen (secondary N) is 1. The SMILES string of the molecule is COC1(C(NN)c2cncnc2)CCCC(C)C1. The molecule has 3 atom stereocenters. The molecule has 5 nitrogen and oxygen atoms in total. The van der Waals surface area contributed by atoms with Crippen LogP contribution < -0.4 is 11.3 Å². The van der Waals surface area contributed by atoms with Crippen LogP contribution in [0.25, 0.3) is 0 Å². The van der Waals surface area contributed by atoms with Gasteiger partial charge in [-0.25, -0.2) is 15.4 Å². The second-order valence-corrected chi connectivity index (χ2v) is 5.24. The molecule has 0 bridgehead atoms. The Balaban J connectivity index is 2.29. The van der Waals surface area contributed by atoms with Gasteiger partial charge in [-0.15, -0.1) is 0 Å². The Kier molecular flexibility index (Phi) is 4.27. The first-order chi connectivity index (χ1) is 8.72. The number of hydrogen-bond donors (Lipinski definition) is 2. The van der Waals surface area contributed by atoms with Crippen molar-refractivity contribution in [2.24, 2.45) is 11.8 Å². The van der Waals surface area contributed by atoms with Gasteiger partial charge in [0.25, 0.3) is 0 Å². The van der Waals surface area contributed by atoms with Gasteiger partial charge >= 0.3 is 0 Å². The van der Waals surface area contributed by atoms with E-state index in [1.807, 2.05) is 0 Å². The number of ether oxygens (including phenoxy) is 1. The predicted octanol–water partition coefficient (Wildman–Crippen LogP) is 1.58. The highest BCUT2D eigenvalue weighted by Gasteiger charge is 2.42. The minimum atomic E-state index is -0.253. The topological polar surface area (TPSA) is 73.1 Å². The number of hydrazine groups is 1. The van der Waals surface area contributed by atoms with E-state index in [0.29, 0.717) is 5.92 Å². The minimum absolute atomic E-state index is 0.0635. The highest BCUT2D eigenvalue weighted by molar-refractivity contribution is 5.16. The van der Waals surface area contributed by atoms with E-state index < -0.39 is 0 Å². The molecule has 1 aromatic rings. The van der Waals surface area contributed by atoms with Gasteiger partial charge < -0.3 is 4.74 Å². The van der Waals surface area contributed by atoms with Crippen molar-refractivity contribution >= 4 is 0 Å². The monoisotopic (exact) mass is 250 g/mol. The van der Waals surface area contributed by atoms with Gasteiger partial charge in [-0.2, -0.15) is 0 Å². The maximum absolute atomic E-state index is 5.86. The molecule has 0 amide bonds. The smallest absolute Gasteiger partial charge is 0.115 e. The lowest BCUT2D eigenvalue weighted by Gasteiger charge is -2.44. The van der Waals surface area contributed by atoms with Crippen LogP contribution in [0.4, 0.5) is 0 Å². The second kappa shape index (κ2) is 5.73. The van der Waals surface area contributed by atoms with Gasteiger partial charge in [-0.05, 0) is 18.8 Å². The summed E-state index contributed by atoms with van der Waals surface area (Å²) in [4.78, 5) is 8.14. The lowest BCUT2D eigenvalue weighted by atomic mass is 9.73. The summed E-state index contributed by atoms with van der Waals surface area (Å²) in [5.41, 5.74) is 3.62. The first kappa shape index (κ1) is 13.4. The Labute approximate surface area is 108 Å². The molecule has 100 valence electrons. The van der Waals surface area contributed by atoms with Crippen molar-refractivity contribution in [3.63, 3.8) is 0 Å². The van der Waals surface area contributed by atoms with E-state index in [-0.39, 0.29) is 11.6 Å². The normalized spacial score (nSPS) is 30.1. The fourth-order valence-corrected chi connectivity index (χ4v) is 3.12. The first-order valence-corrected chi connectivity index (χ1v) is 6.48. The maximum Gasteiger partial charge on any atom is 0.115 e. The summed E-state index contributed by atoms with van der Waals surface area (Å²) >= 11 is 0. The summed E-state index contributed by atoms with van der Waals surface area (Å²) in [6.07, 6.45) is 9.58. The molecule has 1 saturated carbocycles. The van der Waals surface area contributed by atoms with Crippen LogP contribution in [0.5, 0.6) is 0 Å². The molecule has 1 aromatic heterocycles. The van der Waals surface area contributed by atoms with E-state index in [2.05, 4.69) is 22.3 Å². The van der Waals surface area contributed by atoms with Crippen LogP contribution in [0.15, 0.2) is 18.7 Å². The maximum atomic E-state index is 5.86. The molecule has 18 heavy (non-hydrogen) atoms. The molecule has 3 unspecified atom stereocenters. The van der Waals surface area contributed by atoms with Crippen LogP contribution in [-0.4, -0.2) is 22.7 Å². The number of rotatable bonds is 4. The summed E-state index contributed by atoms with van der Waals surface area (Å²) < 4.78 is 5.86. The summed E-state index contributed by atoms with van der Waals surface area (Å²) in [6.45, 7) is 2.27. The van der Waals surface area contributed by atoms with Crippen LogP contribution >= 0.6 is 0 Å². The third-order valence-electron chi connectivity index (χ3n) is 4.00. The van der Waals surface area contributed by atoms with E-state index in [1.54, 1.807) is 19.5 Å². The first-order valence-electron chi connectivity index (χ1n) is 6.48. The number of nitrogens with two attached hydrogens (primary N) is 1. The zero-order valence-corrected chi connectivity index (χ0v) is 11.1. The Hall–Kier alpha value is -1.04. The van der Waals surface area contributed by atoms with Crippen molar-refractivity contribution in [1.82, 2.24) is 15.4 Å². The molecule has 3 N–H and O–H groups in total. The van der Waals surface area contributed by atoms with Gasteiger partial charge in [0.1, 0.15) is 6.33 Å². The fourth-order valence-electron chi connectivity index (χ4n) is 3.12. The van der Waals surface area contributed by atoms with E-state index in [1.165, 1.54) is 19.2 Å². The van der Waals surface area contributed by atoms with E-state index in [0.717, 1.165) is 18.4 Å². The Morgan fingerprint density at radius 2 is 2.22 bits per heavy atom. The van der Waals surface area contributed by atoms with Crippen LogP contribution in [0, 0.1) is 5.92 Å². The van der Waals surface area contributed by atoms with Crippen LogP contribution in [0.1, 0.15) is 44.2 Å². The largest absolute Gasteiger partial charge is 0.376 e. The van der Waals surface area contributed by atoms with Crippen molar-refractivity contribution in [3.05, 3.63) is 24.3 Å². The van der Waals surface area contributed by atoms with Crippen LogP contribution in [0.3, 0.4) is 0 Å². The average Bonchev–Trinajstić information content (AvgIpc) is 2.41. The molecule has 5 heteroatoms. The Bertz CT molecular complexity index is 373. The number of hydrogen-bond acceptors (Lipinski definition) is 5. The second-order valence-electron chi connectivity index (χ2n) is 5.24. The fraction of sp³-hybridized carbons (Fsp3) is 0.692. The third-order valence-corrected chi connectivity index (χ3v) is 4.00. The van der Waals surface area contributed by atoms with Gasteiger partial charge in [0.2, 0.25) is 0 Å². The third kappa shape index (κ3) is 2.53. The molecular weight excluding hydrogens is 228 g/mol. The molecule has 0 radical (unpaired) electrons. The quantitative estimate of drug-likeness (QED) is 0.627. The number of aromatic nitrogens is 2. The van der Waals surface area contributed by atoms with Gasteiger partial charge in [-0.3, -0.25) is 5.84 Å². The average molecular weight is 250 g/mol. The molecule has 1 fully saturated rings. The molecule has 0 aromatic carbocycles. The molecule has 1 aliphatic rings. The molecule has 1 heterocycles. The molecular formula is C13H22N4O. The van der Waals surface area contributed by atoms with Gasteiger partial charge in [-0.1, -0.05) is 19.8 Å². The molecule has 0 saturated heterocycles. The lowest BCUT2D eigenvalue weighted by Crippen LogP contribution is -2.50.